The van der Waals surface area contributed by atoms with Crippen LogP contribution < -0.4 is 5.32 Å². The van der Waals surface area contributed by atoms with E-state index in [-0.39, 0.29) is 16.8 Å². The van der Waals surface area contributed by atoms with Crippen molar-refractivity contribution in [3.05, 3.63) is 101 Å². The topological polar surface area (TPSA) is 46.2 Å². The zero-order valence-electron chi connectivity index (χ0n) is 14.0. The number of alkyl halides is 3. The average Bonchev–Trinajstić information content (AvgIpc) is 2.68. The lowest BCUT2D eigenvalue weighted by Gasteiger charge is -2.12. The molecular formula is C21H14F3NO2. The highest BCUT2D eigenvalue weighted by Gasteiger charge is 2.31. The van der Waals surface area contributed by atoms with Crippen LogP contribution in [0.4, 0.5) is 18.9 Å². The van der Waals surface area contributed by atoms with Gasteiger partial charge < -0.3 is 5.32 Å². The Hall–Kier alpha value is -3.41. The molecule has 3 nitrogen and oxygen atoms in total. The number of halogens is 3. The number of hydrogen-bond acceptors (Lipinski definition) is 2. The molecule has 0 atom stereocenters. The van der Waals surface area contributed by atoms with Crippen molar-refractivity contribution in [2.24, 2.45) is 0 Å². The minimum absolute atomic E-state index is 0.105. The van der Waals surface area contributed by atoms with Gasteiger partial charge in [-0.15, -0.1) is 0 Å². The molecule has 0 fully saturated rings. The fourth-order valence-corrected chi connectivity index (χ4v) is 2.57. The second-order valence-corrected chi connectivity index (χ2v) is 5.77. The van der Waals surface area contributed by atoms with E-state index in [1.807, 2.05) is 0 Å². The number of rotatable bonds is 4. The first-order valence-corrected chi connectivity index (χ1v) is 8.03. The van der Waals surface area contributed by atoms with Gasteiger partial charge in [0.1, 0.15) is 0 Å². The van der Waals surface area contributed by atoms with Crippen molar-refractivity contribution in [3.8, 4) is 0 Å². The second kappa shape index (κ2) is 7.45. The molecule has 0 aliphatic carbocycles. The van der Waals surface area contributed by atoms with Gasteiger partial charge in [-0.05, 0) is 36.4 Å². The molecule has 0 radical (unpaired) electrons. The van der Waals surface area contributed by atoms with Crippen LogP contribution in [0.1, 0.15) is 31.8 Å². The smallest absolute Gasteiger partial charge is 0.321 e. The van der Waals surface area contributed by atoms with Crippen molar-refractivity contribution in [3.63, 3.8) is 0 Å². The molecule has 3 aromatic carbocycles. The highest BCUT2D eigenvalue weighted by molar-refractivity contribution is 6.15. The van der Waals surface area contributed by atoms with Gasteiger partial charge in [-0.2, -0.15) is 13.2 Å². The molecule has 136 valence electrons. The van der Waals surface area contributed by atoms with Crippen LogP contribution in [0.2, 0.25) is 0 Å². The van der Waals surface area contributed by atoms with Gasteiger partial charge in [0.05, 0.1) is 11.3 Å². The Morgan fingerprint density at radius 3 is 2.07 bits per heavy atom. The highest BCUT2D eigenvalue weighted by Crippen LogP contribution is 2.30. The molecule has 0 aromatic heterocycles. The molecule has 3 rings (SSSR count). The molecule has 6 heteroatoms. The lowest BCUT2D eigenvalue weighted by Crippen LogP contribution is -2.15. The summed E-state index contributed by atoms with van der Waals surface area (Å²) in [6, 6.07) is 18.8. The Morgan fingerprint density at radius 1 is 0.741 bits per heavy atom. The van der Waals surface area contributed by atoms with Gasteiger partial charge in [-0.1, -0.05) is 42.5 Å². The predicted octanol–water partition coefficient (Wildman–Crippen LogP) is 5.19. The first kappa shape index (κ1) is 18.4. The number of carbonyl (C=O) groups excluding carboxylic acids is 2. The minimum atomic E-state index is -4.54. The third kappa shape index (κ3) is 4.23. The van der Waals surface area contributed by atoms with E-state index >= 15 is 0 Å². The normalized spacial score (nSPS) is 11.1. The molecule has 3 aromatic rings. The molecule has 0 aliphatic rings. The number of ketones is 1. The SMILES string of the molecule is O=C(Nc1ccccc1C(=O)c1cccc(C(F)(F)F)c1)c1ccccc1. The van der Waals surface area contributed by atoms with Crippen molar-refractivity contribution >= 4 is 17.4 Å². The standard InChI is InChI=1S/C21H14F3NO2/c22-21(23,24)16-10-6-9-15(13-16)19(26)17-11-4-5-12-18(17)25-20(27)14-7-2-1-3-8-14/h1-13H,(H,25,27). The van der Waals surface area contributed by atoms with Crippen molar-refractivity contribution in [2.45, 2.75) is 6.18 Å². The van der Waals surface area contributed by atoms with Crippen LogP contribution in [0, 0.1) is 0 Å². The summed E-state index contributed by atoms with van der Waals surface area (Å²) in [5.74, 6) is -1.02. The zero-order chi connectivity index (χ0) is 19.4. The van der Waals surface area contributed by atoms with Gasteiger partial charge in [-0.25, -0.2) is 0 Å². The average molecular weight is 369 g/mol. The van der Waals surface area contributed by atoms with E-state index < -0.39 is 23.4 Å². The molecule has 0 saturated heterocycles. The second-order valence-electron chi connectivity index (χ2n) is 5.77. The third-order valence-electron chi connectivity index (χ3n) is 3.91. The van der Waals surface area contributed by atoms with Crippen LogP contribution in [0.5, 0.6) is 0 Å². The van der Waals surface area contributed by atoms with Gasteiger partial charge in [0.15, 0.2) is 5.78 Å². The number of nitrogens with one attached hydrogen (secondary N) is 1. The van der Waals surface area contributed by atoms with E-state index in [9.17, 15) is 22.8 Å². The molecule has 0 bridgehead atoms. The summed E-state index contributed by atoms with van der Waals surface area (Å²) < 4.78 is 38.7. The molecule has 27 heavy (non-hydrogen) atoms. The maximum Gasteiger partial charge on any atom is 0.416 e. The summed E-state index contributed by atoms with van der Waals surface area (Å²) in [6.45, 7) is 0. The van der Waals surface area contributed by atoms with E-state index in [1.165, 1.54) is 24.3 Å². The number of hydrogen-bond donors (Lipinski definition) is 1. The molecule has 1 amide bonds. The number of benzene rings is 3. The van der Waals surface area contributed by atoms with Gasteiger partial charge >= 0.3 is 6.18 Å². The van der Waals surface area contributed by atoms with Gasteiger partial charge in [0.2, 0.25) is 0 Å². The molecular weight excluding hydrogens is 355 g/mol. The molecule has 0 unspecified atom stereocenters. The van der Waals surface area contributed by atoms with Crippen molar-refractivity contribution in [1.29, 1.82) is 0 Å². The molecule has 1 N–H and O–H groups in total. The fourth-order valence-electron chi connectivity index (χ4n) is 2.57. The summed E-state index contributed by atoms with van der Waals surface area (Å²) in [4.78, 5) is 25.1. The summed E-state index contributed by atoms with van der Waals surface area (Å²) in [5, 5.41) is 2.64. The number of para-hydroxylation sites is 1. The summed E-state index contributed by atoms with van der Waals surface area (Å²) in [5.41, 5.74) is -0.265. The number of anilines is 1. The zero-order valence-corrected chi connectivity index (χ0v) is 14.0. The maximum absolute atomic E-state index is 12.9. The van der Waals surface area contributed by atoms with Crippen LogP contribution >= 0.6 is 0 Å². The maximum atomic E-state index is 12.9. The number of amides is 1. The summed E-state index contributed by atoms with van der Waals surface area (Å²) in [6.07, 6.45) is -4.54. The molecule has 0 heterocycles. The van der Waals surface area contributed by atoms with Crippen molar-refractivity contribution < 1.29 is 22.8 Å². The lowest BCUT2D eigenvalue weighted by atomic mass is 9.99. The van der Waals surface area contributed by atoms with Crippen molar-refractivity contribution in [1.82, 2.24) is 0 Å². The van der Waals surface area contributed by atoms with Gasteiger partial charge in [0.25, 0.3) is 5.91 Å². The Kier molecular flexibility index (Phi) is 5.07. The molecule has 0 saturated carbocycles. The number of carbonyl (C=O) groups is 2. The largest absolute Gasteiger partial charge is 0.416 e. The highest BCUT2D eigenvalue weighted by atomic mass is 19.4. The Labute approximate surface area is 153 Å². The first-order chi connectivity index (χ1) is 12.9. The van der Waals surface area contributed by atoms with Crippen LogP contribution in [0.25, 0.3) is 0 Å². The van der Waals surface area contributed by atoms with E-state index in [1.54, 1.807) is 42.5 Å². The molecule has 0 spiro atoms. The van der Waals surface area contributed by atoms with E-state index in [2.05, 4.69) is 5.32 Å². The predicted molar refractivity (Wildman–Crippen MR) is 95.7 cm³/mol. The lowest BCUT2D eigenvalue weighted by molar-refractivity contribution is -0.137. The van der Waals surface area contributed by atoms with Crippen LogP contribution in [-0.4, -0.2) is 11.7 Å². The summed E-state index contributed by atoms with van der Waals surface area (Å²) >= 11 is 0. The van der Waals surface area contributed by atoms with Crippen LogP contribution in [-0.2, 0) is 6.18 Å². The van der Waals surface area contributed by atoms with Crippen molar-refractivity contribution in [2.75, 3.05) is 5.32 Å². The summed E-state index contributed by atoms with van der Waals surface area (Å²) in [7, 11) is 0. The fraction of sp³-hybridized carbons (Fsp3) is 0.0476. The Bertz CT molecular complexity index is 982. The van der Waals surface area contributed by atoms with Gasteiger partial charge in [0, 0.05) is 16.7 Å². The van der Waals surface area contributed by atoms with Crippen LogP contribution in [0.3, 0.4) is 0 Å². The van der Waals surface area contributed by atoms with E-state index in [0.717, 1.165) is 12.1 Å². The quantitative estimate of drug-likeness (QED) is 0.644. The first-order valence-electron chi connectivity index (χ1n) is 8.03. The minimum Gasteiger partial charge on any atom is -0.321 e. The molecule has 0 aliphatic heterocycles. The van der Waals surface area contributed by atoms with Gasteiger partial charge in [-0.3, -0.25) is 9.59 Å². The third-order valence-corrected chi connectivity index (χ3v) is 3.91. The Balaban J connectivity index is 1.92. The van der Waals surface area contributed by atoms with E-state index in [4.69, 9.17) is 0 Å². The van der Waals surface area contributed by atoms with E-state index in [0.29, 0.717) is 5.56 Å². The monoisotopic (exact) mass is 369 g/mol. The Morgan fingerprint density at radius 2 is 1.37 bits per heavy atom. The van der Waals surface area contributed by atoms with Crippen LogP contribution in [0.15, 0.2) is 78.9 Å².